The smallest absolute Gasteiger partial charge is 0.0543 e. The van der Waals surface area contributed by atoms with Crippen molar-refractivity contribution in [2.75, 3.05) is 4.90 Å². The molecular formula is C50H39I3N2S3. The number of hydrogen-bond donors (Lipinski definition) is 0. The van der Waals surface area contributed by atoms with E-state index in [9.17, 15) is 0 Å². The van der Waals surface area contributed by atoms with Crippen molar-refractivity contribution in [1.29, 1.82) is 0 Å². The van der Waals surface area contributed by atoms with E-state index in [1.165, 1.54) is 103 Å². The van der Waals surface area contributed by atoms with E-state index in [0.29, 0.717) is 0 Å². The van der Waals surface area contributed by atoms with Crippen molar-refractivity contribution < 1.29 is 0 Å². The van der Waals surface area contributed by atoms with Crippen molar-refractivity contribution >= 4 is 151 Å². The molecule has 0 radical (unpaired) electrons. The third-order valence-electron chi connectivity index (χ3n) is 11.5. The lowest BCUT2D eigenvalue weighted by Gasteiger charge is -2.31. The Kier molecular flexibility index (Phi) is 11.5. The molecule has 1 aromatic heterocycles. The van der Waals surface area contributed by atoms with Gasteiger partial charge in [-0.25, -0.2) is 0 Å². The second-order valence-corrected chi connectivity index (χ2v) is 20.8. The summed E-state index contributed by atoms with van der Waals surface area (Å²) in [5.74, 6) is 0. The molecule has 1 aliphatic carbocycles. The Morgan fingerprint density at radius 1 is 0.517 bits per heavy atom. The molecule has 8 heteroatoms. The quantitative estimate of drug-likeness (QED) is 0.147. The van der Waals surface area contributed by atoms with Crippen molar-refractivity contribution in [2.45, 2.75) is 54.7 Å². The number of aromatic nitrogens is 1. The van der Waals surface area contributed by atoms with Gasteiger partial charge >= 0.3 is 0 Å². The molecule has 10 rings (SSSR count). The van der Waals surface area contributed by atoms with Crippen LogP contribution in [0.25, 0.3) is 60.2 Å². The van der Waals surface area contributed by atoms with E-state index in [-0.39, 0.29) is 5.41 Å². The molecule has 58 heavy (non-hydrogen) atoms. The molecule has 1 aliphatic rings. The van der Waals surface area contributed by atoms with Crippen LogP contribution < -0.4 is 4.90 Å². The SMILES string of the molecule is CC.Cc1ccc(N(c2ccc(SI)c3ccccc23)c2cc3c(c4ccccc24)-c2ccc(-n4c5ccc(SI)cc5c5cc(SI)ccc54)cc2C3(C)C)cc1. The van der Waals surface area contributed by atoms with Crippen LogP contribution in [-0.2, 0) is 5.41 Å². The first kappa shape index (κ1) is 40.5. The molecule has 1 heterocycles. The van der Waals surface area contributed by atoms with Crippen molar-refractivity contribution in [3.8, 4) is 16.8 Å². The molecule has 0 saturated heterocycles. The maximum Gasteiger partial charge on any atom is 0.0543 e. The third kappa shape index (κ3) is 6.67. The zero-order valence-electron chi connectivity index (χ0n) is 32.6. The van der Waals surface area contributed by atoms with Crippen LogP contribution in [0.4, 0.5) is 17.1 Å². The predicted molar refractivity (Wildman–Crippen MR) is 284 cm³/mol. The van der Waals surface area contributed by atoms with Gasteiger partial charge in [0.25, 0.3) is 0 Å². The number of nitrogens with zero attached hydrogens (tertiary/aromatic N) is 2. The van der Waals surface area contributed by atoms with Gasteiger partial charge in [-0.15, -0.1) is 0 Å². The highest BCUT2D eigenvalue weighted by Crippen LogP contribution is 2.56. The van der Waals surface area contributed by atoms with Gasteiger partial charge in [0.2, 0.25) is 0 Å². The first-order valence-electron chi connectivity index (χ1n) is 19.3. The predicted octanol–water partition coefficient (Wildman–Crippen LogP) is 18.5. The van der Waals surface area contributed by atoms with E-state index in [1.54, 1.807) is 26.8 Å². The van der Waals surface area contributed by atoms with E-state index in [0.717, 1.165) is 5.69 Å². The van der Waals surface area contributed by atoms with E-state index in [4.69, 9.17) is 0 Å². The number of hydrogen-bond acceptors (Lipinski definition) is 4. The Balaban J connectivity index is 0.00000215. The molecule has 2 nitrogen and oxygen atoms in total. The van der Waals surface area contributed by atoms with Gasteiger partial charge in [-0.05, 0) is 119 Å². The van der Waals surface area contributed by atoms with Crippen molar-refractivity contribution in [3.63, 3.8) is 0 Å². The molecule has 0 saturated carbocycles. The third-order valence-corrected chi connectivity index (χ3v) is 17.4. The van der Waals surface area contributed by atoms with Gasteiger partial charge < -0.3 is 9.47 Å². The standard InChI is InChI=1S/C48H33I3N2S3.C2H6/c1-28-12-14-29(15-13-28)52(42-22-23-46(56-51)35-10-6-4-8-33(35)42)45-27-41-47(36-11-7-5-9-34(36)45)37-19-16-30(24-40(37)48(41,2)3)53-43-20-17-31(54-49)25-38(43)39-26-32(55-50)18-21-44(39)53;1-2/h4-27H,1-3H3;1-2H3. The summed E-state index contributed by atoms with van der Waals surface area (Å²) in [4.78, 5) is 6.31. The Hall–Kier alpha value is -2.88. The Morgan fingerprint density at radius 2 is 1.10 bits per heavy atom. The number of anilines is 3. The summed E-state index contributed by atoms with van der Waals surface area (Å²) in [6.45, 7) is 11.0. The van der Waals surface area contributed by atoms with Crippen LogP contribution in [0.1, 0.15) is 44.4 Å². The minimum Gasteiger partial charge on any atom is -0.309 e. The van der Waals surface area contributed by atoms with Crippen molar-refractivity contribution in [1.82, 2.24) is 4.57 Å². The van der Waals surface area contributed by atoms with Crippen LogP contribution >= 0.6 is 90.4 Å². The number of rotatable bonds is 7. The molecule has 0 spiro atoms. The molecule has 0 atom stereocenters. The first-order chi connectivity index (χ1) is 28.3. The van der Waals surface area contributed by atoms with Crippen LogP contribution in [0, 0.1) is 6.92 Å². The first-order valence-corrected chi connectivity index (χ1v) is 29.4. The average molecular weight is 1140 g/mol. The molecule has 288 valence electrons. The highest BCUT2D eigenvalue weighted by atomic mass is 127. The molecule has 0 fully saturated rings. The minimum atomic E-state index is -0.253. The molecule has 0 amide bonds. The van der Waals surface area contributed by atoms with Gasteiger partial charge in [0.15, 0.2) is 0 Å². The van der Waals surface area contributed by atoms with Gasteiger partial charge in [0.1, 0.15) is 0 Å². The largest absolute Gasteiger partial charge is 0.309 e. The lowest BCUT2D eigenvalue weighted by Crippen LogP contribution is -2.17. The minimum absolute atomic E-state index is 0.253. The Morgan fingerprint density at radius 3 is 1.71 bits per heavy atom. The van der Waals surface area contributed by atoms with E-state index < -0.39 is 0 Å². The fourth-order valence-electron chi connectivity index (χ4n) is 8.85. The lowest BCUT2D eigenvalue weighted by atomic mass is 9.81. The lowest BCUT2D eigenvalue weighted by molar-refractivity contribution is 0.660. The molecule has 0 unspecified atom stereocenters. The second kappa shape index (κ2) is 16.5. The molecule has 8 aromatic carbocycles. The summed E-state index contributed by atoms with van der Waals surface area (Å²) < 4.78 is 2.47. The maximum atomic E-state index is 2.50. The van der Waals surface area contributed by atoms with Gasteiger partial charge in [0, 0.05) is 117 Å². The summed E-state index contributed by atoms with van der Waals surface area (Å²) >= 11 is 7.20. The summed E-state index contributed by atoms with van der Waals surface area (Å²) in [5.41, 5.74) is 13.6. The number of halogens is 3. The topological polar surface area (TPSA) is 8.17 Å². The van der Waals surface area contributed by atoms with Crippen LogP contribution in [0.15, 0.2) is 160 Å². The molecular weight excluding hydrogens is 1110 g/mol. The van der Waals surface area contributed by atoms with Crippen molar-refractivity contribution in [3.05, 3.63) is 162 Å². The molecule has 0 N–H and O–H groups in total. The Bertz CT molecular complexity index is 2980. The van der Waals surface area contributed by atoms with E-state index >= 15 is 0 Å². The van der Waals surface area contributed by atoms with Gasteiger partial charge in [0.05, 0.1) is 22.4 Å². The molecule has 0 aliphatic heterocycles. The Labute approximate surface area is 389 Å². The summed E-state index contributed by atoms with van der Waals surface area (Å²) in [7, 11) is 5.31. The summed E-state index contributed by atoms with van der Waals surface area (Å²) in [5, 5.41) is 7.62. The van der Waals surface area contributed by atoms with Gasteiger partial charge in [-0.2, -0.15) is 0 Å². The highest BCUT2D eigenvalue weighted by molar-refractivity contribution is 14.2. The zero-order valence-corrected chi connectivity index (χ0v) is 41.5. The fourth-order valence-corrected chi connectivity index (χ4v) is 12.6. The highest BCUT2D eigenvalue weighted by Gasteiger charge is 2.38. The van der Waals surface area contributed by atoms with Crippen molar-refractivity contribution in [2.24, 2.45) is 0 Å². The zero-order chi connectivity index (χ0) is 40.3. The molecule has 9 aromatic rings. The normalized spacial score (nSPS) is 12.8. The van der Waals surface area contributed by atoms with Gasteiger partial charge in [-0.3, -0.25) is 0 Å². The fraction of sp³-hybridized carbons (Fsp3) is 0.120. The van der Waals surface area contributed by atoms with Crippen LogP contribution in [0.2, 0.25) is 0 Å². The average Bonchev–Trinajstić information content (AvgIpc) is 3.71. The second-order valence-electron chi connectivity index (χ2n) is 14.9. The van der Waals surface area contributed by atoms with E-state index in [2.05, 4.69) is 239 Å². The molecule has 0 bridgehead atoms. The summed E-state index contributed by atoms with van der Waals surface area (Å²) in [6, 6.07) is 55.0. The number of benzene rings is 8. The van der Waals surface area contributed by atoms with E-state index in [1.807, 2.05) is 13.8 Å². The number of aryl methyl sites for hydroxylation is 1. The van der Waals surface area contributed by atoms with Crippen LogP contribution in [0.5, 0.6) is 0 Å². The van der Waals surface area contributed by atoms with Crippen LogP contribution in [0.3, 0.4) is 0 Å². The maximum absolute atomic E-state index is 2.50. The van der Waals surface area contributed by atoms with Crippen LogP contribution in [-0.4, -0.2) is 4.57 Å². The number of fused-ring (bicyclic) bond motifs is 9. The summed E-state index contributed by atoms with van der Waals surface area (Å²) in [6.07, 6.45) is 0. The monoisotopic (exact) mass is 1140 g/mol. The van der Waals surface area contributed by atoms with Gasteiger partial charge in [-0.1, -0.05) is 127 Å².